The van der Waals surface area contributed by atoms with Crippen molar-refractivity contribution in [1.29, 1.82) is 0 Å². The third-order valence-electron chi connectivity index (χ3n) is 4.16. The van der Waals surface area contributed by atoms with Gasteiger partial charge < -0.3 is 5.73 Å². The molecule has 1 aliphatic rings. The second-order valence-corrected chi connectivity index (χ2v) is 7.88. The van der Waals surface area contributed by atoms with Gasteiger partial charge in [-0.05, 0) is 0 Å². The van der Waals surface area contributed by atoms with E-state index in [-0.39, 0.29) is 5.56 Å². The molecule has 2 N–H and O–H groups in total. The van der Waals surface area contributed by atoms with E-state index >= 15 is 0 Å². The van der Waals surface area contributed by atoms with Crippen molar-refractivity contribution < 1.29 is 0 Å². The Balaban J connectivity index is 1.36. The molecular formula is C15H18N6OS2. The predicted molar refractivity (Wildman–Crippen MR) is 96.4 cm³/mol. The molecule has 0 unspecified atom stereocenters. The van der Waals surface area contributed by atoms with Gasteiger partial charge in [-0.15, -0.1) is 22.7 Å². The molecule has 0 atom stereocenters. The molecule has 7 nitrogen and oxygen atoms in total. The van der Waals surface area contributed by atoms with Crippen LogP contribution >= 0.6 is 22.7 Å². The van der Waals surface area contributed by atoms with E-state index in [0.29, 0.717) is 5.13 Å². The van der Waals surface area contributed by atoms with Gasteiger partial charge >= 0.3 is 0 Å². The zero-order chi connectivity index (χ0) is 16.5. The lowest BCUT2D eigenvalue weighted by Gasteiger charge is -2.34. The van der Waals surface area contributed by atoms with Crippen LogP contribution in [0.25, 0.3) is 4.96 Å². The number of piperazine rings is 1. The summed E-state index contributed by atoms with van der Waals surface area (Å²) in [5.41, 5.74) is 6.53. The Morgan fingerprint density at radius 2 is 1.92 bits per heavy atom. The van der Waals surface area contributed by atoms with Crippen LogP contribution in [0.1, 0.15) is 10.6 Å². The van der Waals surface area contributed by atoms with Crippen LogP contribution in [0.3, 0.4) is 0 Å². The lowest BCUT2D eigenvalue weighted by molar-refractivity contribution is 0.122. The third kappa shape index (κ3) is 3.34. The quantitative estimate of drug-likeness (QED) is 0.749. The van der Waals surface area contributed by atoms with E-state index in [1.165, 1.54) is 16.2 Å². The van der Waals surface area contributed by atoms with Crippen molar-refractivity contribution in [3.05, 3.63) is 44.8 Å². The predicted octanol–water partition coefficient (Wildman–Crippen LogP) is 1.11. The SMILES string of the molecule is Nc1ncc(CN2CCN(Cc3cc(=O)n4ccsc4n3)CC2)s1. The molecule has 0 aromatic carbocycles. The van der Waals surface area contributed by atoms with Gasteiger partial charge in [0, 0.05) is 68.0 Å². The molecule has 0 aliphatic carbocycles. The minimum atomic E-state index is -0.00216. The Kier molecular flexibility index (Phi) is 4.31. The normalized spacial score (nSPS) is 16.8. The Hall–Kier alpha value is -1.81. The molecule has 3 aromatic heterocycles. The fourth-order valence-electron chi connectivity index (χ4n) is 2.92. The van der Waals surface area contributed by atoms with E-state index in [1.54, 1.807) is 28.0 Å². The summed E-state index contributed by atoms with van der Waals surface area (Å²) in [7, 11) is 0. The Bertz CT molecular complexity index is 893. The highest BCUT2D eigenvalue weighted by atomic mass is 32.1. The number of nitrogen functional groups attached to an aromatic ring is 1. The molecule has 24 heavy (non-hydrogen) atoms. The van der Waals surface area contributed by atoms with Crippen LogP contribution in [-0.2, 0) is 13.1 Å². The van der Waals surface area contributed by atoms with E-state index in [9.17, 15) is 4.79 Å². The zero-order valence-corrected chi connectivity index (χ0v) is 14.7. The van der Waals surface area contributed by atoms with Gasteiger partial charge in [-0.3, -0.25) is 19.0 Å². The van der Waals surface area contributed by atoms with Crippen LogP contribution in [0.15, 0.2) is 28.6 Å². The number of thiazole rings is 2. The molecule has 0 saturated carbocycles. The van der Waals surface area contributed by atoms with Crippen molar-refractivity contribution in [3.8, 4) is 0 Å². The summed E-state index contributed by atoms with van der Waals surface area (Å²) in [6.07, 6.45) is 3.63. The summed E-state index contributed by atoms with van der Waals surface area (Å²) < 4.78 is 1.59. The Morgan fingerprint density at radius 1 is 1.17 bits per heavy atom. The maximum Gasteiger partial charge on any atom is 0.258 e. The van der Waals surface area contributed by atoms with Gasteiger partial charge in [-0.1, -0.05) is 0 Å². The van der Waals surface area contributed by atoms with Gasteiger partial charge in [0.25, 0.3) is 5.56 Å². The van der Waals surface area contributed by atoms with E-state index in [4.69, 9.17) is 5.73 Å². The topological polar surface area (TPSA) is 79.8 Å². The molecule has 4 heterocycles. The van der Waals surface area contributed by atoms with Crippen molar-refractivity contribution in [2.45, 2.75) is 13.1 Å². The minimum Gasteiger partial charge on any atom is -0.375 e. The smallest absolute Gasteiger partial charge is 0.258 e. The van der Waals surface area contributed by atoms with Gasteiger partial charge in [0.15, 0.2) is 10.1 Å². The van der Waals surface area contributed by atoms with Gasteiger partial charge in [-0.25, -0.2) is 9.97 Å². The molecule has 0 radical (unpaired) electrons. The summed E-state index contributed by atoms with van der Waals surface area (Å²) in [6, 6.07) is 1.65. The number of nitrogens with two attached hydrogens (primary N) is 1. The average Bonchev–Trinajstić information content (AvgIpc) is 3.18. The van der Waals surface area contributed by atoms with E-state index in [1.807, 2.05) is 11.6 Å². The van der Waals surface area contributed by atoms with Crippen molar-refractivity contribution in [2.24, 2.45) is 0 Å². The van der Waals surface area contributed by atoms with Crippen LogP contribution in [0.2, 0.25) is 0 Å². The van der Waals surface area contributed by atoms with Crippen molar-refractivity contribution in [2.75, 3.05) is 31.9 Å². The Labute approximate surface area is 147 Å². The minimum absolute atomic E-state index is 0.00216. The number of hydrogen-bond acceptors (Lipinski definition) is 8. The van der Waals surface area contributed by atoms with Gasteiger partial charge in [0.2, 0.25) is 0 Å². The number of aromatic nitrogens is 3. The lowest BCUT2D eigenvalue weighted by Crippen LogP contribution is -2.45. The second kappa shape index (κ2) is 6.60. The first kappa shape index (κ1) is 15.7. The van der Waals surface area contributed by atoms with Crippen LogP contribution in [0, 0.1) is 0 Å². The number of rotatable bonds is 4. The van der Waals surface area contributed by atoms with E-state index in [0.717, 1.165) is 49.9 Å². The molecule has 4 rings (SSSR count). The average molecular weight is 362 g/mol. The molecule has 0 amide bonds. The van der Waals surface area contributed by atoms with Gasteiger partial charge in [0.05, 0.1) is 5.69 Å². The summed E-state index contributed by atoms with van der Waals surface area (Å²) in [4.78, 5) is 27.5. The first-order valence-electron chi connectivity index (χ1n) is 7.78. The fourth-order valence-corrected chi connectivity index (χ4v) is 4.38. The van der Waals surface area contributed by atoms with E-state index in [2.05, 4.69) is 19.8 Å². The van der Waals surface area contributed by atoms with Crippen LogP contribution in [0.4, 0.5) is 5.13 Å². The monoisotopic (exact) mass is 362 g/mol. The highest BCUT2D eigenvalue weighted by molar-refractivity contribution is 7.15. The van der Waals surface area contributed by atoms with Gasteiger partial charge in [-0.2, -0.15) is 0 Å². The summed E-state index contributed by atoms with van der Waals surface area (Å²) in [6.45, 7) is 5.57. The highest BCUT2D eigenvalue weighted by Crippen LogP contribution is 2.18. The molecule has 0 bridgehead atoms. The molecule has 9 heteroatoms. The number of nitrogens with zero attached hydrogens (tertiary/aromatic N) is 5. The molecule has 3 aromatic rings. The molecular weight excluding hydrogens is 344 g/mol. The number of hydrogen-bond donors (Lipinski definition) is 1. The van der Waals surface area contributed by atoms with Crippen LogP contribution in [0.5, 0.6) is 0 Å². The van der Waals surface area contributed by atoms with Crippen molar-refractivity contribution in [3.63, 3.8) is 0 Å². The largest absolute Gasteiger partial charge is 0.375 e. The first-order chi connectivity index (χ1) is 11.7. The number of fused-ring (bicyclic) bond motifs is 1. The maximum absolute atomic E-state index is 12.0. The molecule has 126 valence electrons. The first-order valence-corrected chi connectivity index (χ1v) is 9.48. The fraction of sp³-hybridized carbons (Fsp3) is 0.400. The zero-order valence-electron chi connectivity index (χ0n) is 13.1. The second-order valence-electron chi connectivity index (χ2n) is 5.86. The molecule has 0 spiro atoms. The standard InChI is InChI=1S/C15H18N6OS2/c16-14-17-8-12(24-14)10-20-3-1-19(2-4-20)9-11-7-13(22)21-5-6-23-15(21)18-11/h5-8H,1-4,9-10H2,(H2,16,17). The van der Waals surface area contributed by atoms with Crippen LogP contribution < -0.4 is 11.3 Å². The molecule has 1 fully saturated rings. The summed E-state index contributed by atoms with van der Waals surface area (Å²) in [5.74, 6) is 0. The molecule has 1 aliphatic heterocycles. The lowest BCUT2D eigenvalue weighted by atomic mass is 10.2. The van der Waals surface area contributed by atoms with Gasteiger partial charge in [0.1, 0.15) is 0 Å². The summed E-state index contributed by atoms with van der Waals surface area (Å²) in [5, 5.41) is 2.52. The van der Waals surface area contributed by atoms with Crippen molar-refractivity contribution in [1.82, 2.24) is 24.2 Å². The van der Waals surface area contributed by atoms with Crippen molar-refractivity contribution >= 4 is 32.8 Å². The number of anilines is 1. The Morgan fingerprint density at radius 3 is 2.62 bits per heavy atom. The summed E-state index contributed by atoms with van der Waals surface area (Å²) >= 11 is 3.05. The maximum atomic E-state index is 12.0. The molecule has 1 saturated heterocycles. The van der Waals surface area contributed by atoms with E-state index < -0.39 is 0 Å². The van der Waals surface area contributed by atoms with Crippen LogP contribution in [-0.4, -0.2) is 50.3 Å². The highest BCUT2D eigenvalue weighted by Gasteiger charge is 2.18. The third-order valence-corrected chi connectivity index (χ3v) is 5.73.